The van der Waals surface area contributed by atoms with E-state index < -0.39 is 6.10 Å². The molecule has 4 nitrogen and oxygen atoms in total. The molecule has 1 N–H and O–H groups in total. The van der Waals surface area contributed by atoms with Crippen LogP contribution in [-0.4, -0.2) is 25.2 Å². The average molecular weight is 310 g/mol. The van der Waals surface area contributed by atoms with Crippen molar-refractivity contribution in [2.75, 3.05) is 13.2 Å². The van der Waals surface area contributed by atoms with Crippen LogP contribution in [0.15, 0.2) is 30.9 Å². The zero-order valence-corrected chi connectivity index (χ0v) is 12.9. The van der Waals surface area contributed by atoms with Crippen LogP contribution >= 0.6 is 11.6 Å². The summed E-state index contributed by atoms with van der Waals surface area (Å²) in [5.74, 6) is 0.535. The van der Waals surface area contributed by atoms with Crippen molar-refractivity contribution in [1.82, 2.24) is 5.32 Å². The van der Waals surface area contributed by atoms with Gasteiger partial charge in [-0.25, -0.2) is 0 Å². The Bertz CT molecular complexity index is 518. The molecule has 0 spiro atoms. The van der Waals surface area contributed by atoms with Gasteiger partial charge in [0.15, 0.2) is 0 Å². The molecular weight excluding hydrogens is 290 g/mol. The van der Waals surface area contributed by atoms with Crippen molar-refractivity contribution in [1.29, 1.82) is 0 Å². The topological polar surface area (TPSA) is 47.6 Å². The van der Waals surface area contributed by atoms with Crippen LogP contribution < -0.4 is 10.1 Å². The van der Waals surface area contributed by atoms with E-state index in [-0.39, 0.29) is 11.9 Å². The maximum atomic E-state index is 12.2. The molecule has 5 heteroatoms. The van der Waals surface area contributed by atoms with Gasteiger partial charge in [0.25, 0.3) is 0 Å². The van der Waals surface area contributed by atoms with Crippen molar-refractivity contribution >= 4 is 17.5 Å². The lowest BCUT2D eigenvalue weighted by Gasteiger charge is -2.28. The second kappa shape index (κ2) is 7.48. The van der Waals surface area contributed by atoms with Gasteiger partial charge in [-0.05, 0) is 19.4 Å². The van der Waals surface area contributed by atoms with Gasteiger partial charge in [0, 0.05) is 12.0 Å². The van der Waals surface area contributed by atoms with Crippen molar-refractivity contribution in [3.8, 4) is 5.75 Å². The summed E-state index contributed by atoms with van der Waals surface area (Å²) in [6, 6.07) is 5.48. The van der Waals surface area contributed by atoms with Crippen molar-refractivity contribution < 1.29 is 14.3 Å². The molecule has 0 bridgehead atoms. The fraction of sp³-hybridized carbons (Fsp3) is 0.438. The maximum absolute atomic E-state index is 12.2. The van der Waals surface area contributed by atoms with Gasteiger partial charge in [-0.2, -0.15) is 0 Å². The van der Waals surface area contributed by atoms with Crippen molar-refractivity contribution in [2.45, 2.75) is 31.9 Å². The number of ether oxygens (including phenoxy) is 2. The third-order valence-electron chi connectivity index (χ3n) is 3.40. The van der Waals surface area contributed by atoms with Crippen LogP contribution in [0.2, 0.25) is 5.02 Å². The normalized spacial score (nSPS) is 18.3. The Balaban J connectivity index is 1.99. The summed E-state index contributed by atoms with van der Waals surface area (Å²) in [6.07, 6.45) is 2.73. The number of nitrogens with one attached hydrogen (secondary N) is 1. The number of carbonyl (C=O) groups excluding carboxylic acids is 1. The largest absolute Gasteiger partial charge is 0.492 e. The molecule has 1 aromatic carbocycles. The predicted octanol–water partition coefficient (Wildman–Crippen LogP) is 3.26. The van der Waals surface area contributed by atoms with Crippen LogP contribution in [0, 0.1) is 0 Å². The Kier molecular flexibility index (Phi) is 5.65. The van der Waals surface area contributed by atoms with E-state index in [0.29, 0.717) is 24.0 Å². The van der Waals surface area contributed by atoms with Crippen LogP contribution in [0.25, 0.3) is 0 Å². The van der Waals surface area contributed by atoms with E-state index in [0.717, 1.165) is 18.4 Å². The van der Waals surface area contributed by atoms with E-state index in [4.69, 9.17) is 21.1 Å². The first-order valence-electron chi connectivity index (χ1n) is 7.07. The standard InChI is InChI=1S/C16H20ClNO3/c1-3-4-9-20-11(2)16(19)18-14-8-10-21-15-12(14)6-5-7-13(15)17/h3,5-7,11,14H,1,4,8-10H2,2H3,(H,18,19)/t11-,14+/m1/s1. The van der Waals surface area contributed by atoms with Gasteiger partial charge in [-0.3, -0.25) is 4.79 Å². The third-order valence-corrected chi connectivity index (χ3v) is 3.70. The molecular formula is C16H20ClNO3. The third kappa shape index (κ3) is 3.99. The lowest BCUT2D eigenvalue weighted by molar-refractivity contribution is -0.132. The smallest absolute Gasteiger partial charge is 0.249 e. The summed E-state index contributed by atoms with van der Waals surface area (Å²) in [6.45, 7) is 6.40. The summed E-state index contributed by atoms with van der Waals surface area (Å²) in [7, 11) is 0. The average Bonchev–Trinajstić information content (AvgIpc) is 2.48. The van der Waals surface area contributed by atoms with Crippen LogP contribution in [0.4, 0.5) is 0 Å². The molecule has 1 aliphatic heterocycles. The van der Waals surface area contributed by atoms with Crippen molar-refractivity contribution in [3.63, 3.8) is 0 Å². The zero-order chi connectivity index (χ0) is 15.2. The predicted molar refractivity (Wildman–Crippen MR) is 82.7 cm³/mol. The van der Waals surface area contributed by atoms with Crippen LogP contribution in [0.5, 0.6) is 5.75 Å². The van der Waals surface area contributed by atoms with E-state index in [1.165, 1.54) is 0 Å². The fourth-order valence-electron chi connectivity index (χ4n) is 2.23. The summed E-state index contributed by atoms with van der Waals surface area (Å²) < 4.78 is 11.0. The monoisotopic (exact) mass is 309 g/mol. The van der Waals surface area contributed by atoms with Gasteiger partial charge < -0.3 is 14.8 Å². The molecule has 1 aromatic rings. The summed E-state index contributed by atoms with van der Waals surface area (Å²) in [5, 5.41) is 3.57. The number of hydrogen-bond acceptors (Lipinski definition) is 3. The fourth-order valence-corrected chi connectivity index (χ4v) is 2.47. The van der Waals surface area contributed by atoms with E-state index >= 15 is 0 Å². The van der Waals surface area contributed by atoms with Gasteiger partial charge in [0.2, 0.25) is 5.91 Å². The Morgan fingerprint density at radius 2 is 2.48 bits per heavy atom. The number of halogens is 1. The molecule has 0 aromatic heterocycles. The zero-order valence-electron chi connectivity index (χ0n) is 12.1. The molecule has 0 fully saturated rings. The molecule has 0 aliphatic carbocycles. The van der Waals surface area contributed by atoms with Gasteiger partial charge in [0.05, 0.1) is 24.3 Å². The van der Waals surface area contributed by atoms with E-state index in [1.807, 2.05) is 12.1 Å². The minimum absolute atomic E-state index is 0.0922. The number of rotatable bonds is 6. The van der Waals surface area contributed by atoms with E-state index in [9.17, 15) is 4.79 Å². The van der Waals surface area contributed by atoms with Crippen LogP contribution in [0.1, 0.15) is 31.4 Å². The molecule has 2 atom stereocenters. The maximum Gasteiger partial charge on any atom is 0.249 e. The van der Waals surface area contributed by atoms with Gasteiger partial charge in [-0.1, -0.05) is 29.8 Å². The number of para-hydroxylation sites is 1. The second-order valence-electron chi connectivity index (χ2n) is 4.95. The van der Waals surface area contributed by atoms with Gasteiger partial charge in [0.1, 0.15) is 11.9 Å². The lowest BCUT2D eigenvalue weighted by atomic mass is 10.0. The Morgan fingerprint density at radius 1 is 1.67 bits per heavy atom. The quantitative estimate of drug-likeness (QED) is 0.648. The summed E-state index contributed by atoms with van der Waals surface area (Å²) in [5.41, 5.74) is 0.917. The summed E-state index contributed by atoms with van der Waals surface area (Å²) in [4.78, 5) is 12.2. The minimum atomic E-state index is -0.490. The molecule has 0 saturated carbocycles. The number of benzene rings is 1. The highest BCUT2D eigenvalue weighted by molar-refractivity contribution is 6.32. The first kappa shape index (κ1) is 15.9. The molecule has 0 saturated heterocycles. The Morgan fingerprint density at radius 3 is 3.24 bits per heavy atom. The molecule has 1 heterocycles. The van der Waals surface area contributed by atoms with Crippen LogP contribution in [-0.2, 0) is 9.53 Å². The number of fused-ring (bicyclic) bond motifs is 1. The number of carbonyl (C=O) groups is 1. The molecule has 21 heavy (non-hydrogen) atoms. The Labute approximate surface area is 130 Å². The molecule has 114 valence electrons. The Hall–Kier alpha value is -1.52. The second-order valence-corrected chi connectivity index (χ2v) is 5.35. The highest BCUT2D eigenvalue weighted by Gasteiger charge is 2.26. The molecule has 1 aliphatic rings. The summed E-state index contributed by atoms with van der Waals surface area (Å²) >= 11 is 6.12. The molecule has 0 radical (unpaired) electrons. The van der Waals surface area contributed by atoms with Crippen molar-refractivity contribution in [3.05, 3.63) is 41.4 Å². The highest BCUT2D eigenvalue weighted by atomic mass is 35.5. The van der Waals surface area contributed by atoms with Gasteiger partial charge in [-0.15, -0.1) is 6.58 Å². The van der Waals surface area contributed by atoms with Gasteiger partial charge >= 0.3 is 0 Å². The molecule has 2 rings (SSSR count). The lowest BCUT2D eigenvalue weighted by Crippen LogP contribution is -2.39. The first-order chi connectivity index (χ1) is 10.1. The first-order valence-corrected chi connectivity index (χ1v) is 7.45. The SMILES string of the molecule is C=CCCO[C@H](C)C(=O)N[C@H]1CCOc2c(Cl)cccc21. The number of amides is 1. The highest BCUT2D eigenvalue weighted by Crippen LogP contribution is 2.37. The van der Waals surface area contributed by atoms with Crippen LogP contribution in [0.3, 0.4) is 0 Å². The van der Waals surface area contributed by atoms with E-state index in [1.54, 1.807) is 19.1 Å². The minimum Gasteiger partial charge on any atom is -0.492 e. The van der Waals surface area contributed by atoms with Crippen molar-refractivity contribution in [2.24, 2.45) is 0 Å². The molecule has 0 unspecified atom stereocenters. The number of hydrogen-bond donors (Lipinski definition) is 1. The molecule has 1 amide bonds. The van der Waals surface area contributed by atoms with E-state index in [2.05, 4.69) is 11.9 Å².